The number of rotatable bonds is 3. The molecule has 5 heteroatoms. The summed E-state index contributed by atoms with van der Waals surface area (Å²) in [7, 11) is 1.76. The maximum atomic E-state index is 12.6. The first-order chi connectivity index (χ1) is 11.3. The van der Waals surface area contributed by atoms with Crippen molar-refractivity contribution in [1.29, 1.82) is 0 Å². The molecule has 1 aliphatic rings. The molecule has 1 atom stereocenters. The highest BCUT2D eigenvalue weighted by Gasteiger charge is 2.27. The molecule has 2 rings (SSSR count). The van der Waals surface area contributed by atoms with Gasteiger partial charge in [0.1, 0.15) is 5.60 Å². The molecular formula is C19H28N2O3. The third kappa shape index (κ3) is 5.25. The van der Waals surface area contributed by atoms with Crippen LogP contribution in [0.15, 0.2) is 30.3 Å². The summed E-state index contributed by atoms with van der Waals surface area (Å²) in [5.74, 6) is 0.351. The summed E-state index contributed by atoms with van der Waals surface area (Å²) in [4.78, 5) is 28.2. The Morgan fingerprint density at radius 1 is 1.25 bits per heavy atom. The molecule has 132 valence electrons. The van der Waals surface area contributed by atoms with E-state index in [1.165, 1.54) is 0 Å². The van der Waals surface area contributed by atoms with Crippen molar-refractivity contribution >= 4 is 12.0 Å². The molecule has 0 spiro atoms. The molecule has 24 heavy (non-hydrogen) atoms. The Morgan fingerprint density at radius 3 is 2.54 bits per heavy atom. The van der Waals surface area contributed by atoms with Crippen molar-refractivity contribution in [3.63, 3.8) is 0 Å². The lowest BCUT2D eigenvalue weighted by Crippen LogP contribution is -2.45. The monoisotopic (exact) mass is 332 g/mol. The molecule has 1 aliphatic heterocycles. The Morgan fingerprint density at radius 2 is 1.92 bits per heavy atom. The molecule has 5 nitrogen and oxygen atoms in total. The molecular weight excluding hydrogens is 304 g/mol. The number of likely N-dealkylation sites (tertiary alicyclic amines) is 1. The largest absolute Gasteiger partial charge is 0.444 e. The Balaban J connectivity index is 1.91. The zero-order valence-corrected chi connectivity index (χ0v) is 15.1. The number of nitrogens with zero attached hydrogens (tertiary/aromatic N) is 2. The molecule has 1 heterocycles. The van der Waals surface area contributed by atoms with Crippen molar-refractivity contribution < 1.29 is 14.3 Å². The number of piperidine rings is 1. The summed E-state index contributed by atoms with van der Waals surface area (Å²) < 4.78 is 5.39. The Labute approximate surface area is 144 Å². The number of ether oxygens (including phenoxy) is 1. The van der Waals surface area contributed by atoms with Crippen LogP contribution in [0.4, 0.5) is 4.79 Å². The van der Waals surface area contributed by atoms with E-state index in [2.05, 4.69) is 0 Å². The minimum absolute atomic E-state index is 0.0696. The molecule has 1 fully saturated rings. The second-order valence-corrected chi connectivity index (χ2v) is 7.49. The van der Waals surface area contributed by atoms with E-state index < -0.39 is 5.60 Å². The van der Waals surface area contributed by atoms with Crippen LogP contribution in [-0.4, -0.2) is 54.1 Å². The fraction of sp³-hybridized carbons (Fsp3) is 0.579. The van der Waals surface area contributed by atoms with Crippen LogP contribution in [0.3, 0.4) is 0 Å². The van der Waals surface area contributed by atoms with Crippen LogP contribution in [0, 0.1) is 5.92 Å². The summed E-state index contributed by atoms with van der Waals surface area (Å²) in [6, 6.07) is 9.36. The van der Waals surface area contributed by atoms with E-state index in [0.29, 0.717) is 13.1 Å². The first-order valence-corrected chi connectivity index (χ1v) is 8.55. The van der Waals surface area contributed by atoms with E-state index in [9.17, 15) is 9.59 Å². The highest BCUT2D eigenvalue weighted by atomic mass is 16.6. The van der Waals surface area contributed by atoms with Crippen molar-refractivity contribution in [1.82, 2.24) is 9.80 Å². The van der Waals surface area contributed by atoms with Gasteiger partial charge in [0.15, 0.2) is 0 Å². The normalized spacial score (nSPS) is 18.2. The van der Waals surface area contributed by atoms with Crippen molar-refractivity contribution in [2.45, 2.75) is 39.2 Å². The fourth-order valence-electron chi connectivity index (χ4n) is 2.96. The topological polar surface area (TPSA) is 49.9 Å². The number of benzene rings is 1. The molecule has 1 aromatic rings. The van der Waals surface area contributed by atoms with Gasteiger partial charge in [-0.15, -0.1) is 0 Å². The summed E-state index contributed by atoms with van der Waals surface area (Å²) >= 11 is 0. The molecule has 0 aromatic heterocycles. The third-order valence-electron chi connectivity index (χ3n) is 4.06. The molecule has 0 saturated carbocycles. The lowest BCUT2D eigenvalue weighted by Gasteiger charge is -2.35. The number of carbonyl (C=O) groups is 2. The lowest BCUT2D eigenvalue weighted by atomic mass is 9.97. The van der Waals surface area contributed by atoms with Gasteiger partial charge < -0.3 is 14.5 Å². The molecule has 2 amide bonds. The quantitative estimate of drug-likeness (QED) is 0.852. The summed E-state index contributed by atoms with van der Waals surface area (Å²) in [6.45, 7) is 7.65. The van der Waals surface area contributed by atoms with Gasteiger partial charge in [-0.05, 0) is 51.7 Å². The minimum Gasteiger partial charge on any atom is -0.444 e. The van der Waals surface area contributed by atoms with Crippen LogP contribution in [0.5, 0.6) is 0 Å². The summed E-state index contributed by atoms with van der Waals surface area (Å²) in [5, 5.41) is 0. The molecule has 0 radical (unpaired) electrons. The zero-order chi connectivity index (χ0) is 17.7. The molecule has 0 bridgehead atoms. The van der Waals surface area contributed by atoms with Gasteiger partial charge in [0.25, 0.3) is 5.91 Å². The first kappa shape index (κ1) is 18.3. The Hall–Kier alpha value is -2.04. The maximum Gasteiger partial charge on any atom is 0.410 e. The van der Waals surface area contributed by atoms with Crippen LogP contribution in [0.1, 0.15) is 44.0 Å². The number of hydrogen-bond acceptors (Lipinski definition) is 3. The highest BCUT2D eigenvalue weighted by molar-refractivity contribution is 5.94. The van der Waals surface area contributed by atoms with Crippen molar-refractivity contribution in [2.24, 2.45) is 5.92 Å². The van der Waals surface area contributed by atoms with E-state index in [1.807, 2.05) is 56.0 Å². The molecule has 1 saturated heterocycles. The second-order valence-electron chi connectivity index (χ2n) is 7.49. The van der Waals surface area contributed by atoms with Gasteiger partial charge in [0, 0.05) is 32.2 Å². The standard InChI is InChI=1S/C19H28N2O3/c1-19(2,3)24-18(23)20(4)13-15-9-8-12-21(14-15)17(22)16-10-6-5-7-11-16/h5-7,10-11,15H,8-9,12-14H2,1-4H3/t15-/m1/s1. The van der Waals surface area contributed by atoms with E-state index in [0.717, 1.165) is 24.9 Å². The van der Waals surface area contributed by atoms with Crippen LogP contribution >= 0.6 is 0 Å². The fourth-order valence-corrected chi connectivity index (χ4v) is 2.96. The van der Waals surface area contributed by atoms with E-state index in [4.69, 9.17) is 4.74 Å². The summed E-state index contributed by atoms with van der Waals surface area (Å²) in [6.07, 6.45) is 1.67. The van der Waals surface area contributed by atoms with Gasteiger partial charge in [-0.1, -0.05) is 18.2 Å². The van der Waals surface area contributed by atoms with E-state index in [1.54, 1.807) is 11.9 Å². The van der Waals surface area contributed by atoms with Crippen molar-refractivity contribution in [3.05, 3.63) is 35.9 Å². The van der Waals surface area contributed by atoms with E-state index in [-0.39, 0.29) is 17.9 Å². The van der Waals surface area contributed by atoms with Gasteiger partial charge >= 0.3 is 6.09 Å². The van der Waals surface area contributed by atoms with Crippen LogP contribution in [-0.2, 0) is 4.74 Å². The number of amides is 2. The van der Waals surface area contributed by atoms with Crippen LogP contribution in [0.2, 0.25) is 0 Å². The smallest absolute Gasteiger partial charge is 0.410 e. The second kappa shape index (κ2) is 7.69. The average molecular weight is 332 g/mol. The predicted octanol–water partition coefficient (Wildman–Crippen LogP) is 3.41. The van der Waals surface area contributed by atoms with Crippen molar-refractivity contribution in [3.8, 4) is 0 Å². The molecule has 1 aromatic carbocycles. The number of carbonyl (C=O) groups excluding carboxylic acids is 2. The lowest BCUT2D eigenvalue weighted by molar-refractivity contribution is 0.0244. The van der Waals surface area contributed by atoms with Gasteiger partial charge in [0.05, 0.1) is 0 Å². The average Bonchev–Trinajstić information content (AvgIpc) is 2.53. The Bertz CT molecular complexity index is 566. The highest BCUT2D eigenvalue weighted by Crippen LogP contribution is 2.20. The van der Waals surface area contributed by atoms with Crippen LogP contribution in [0.25, 0.3) is 0 Å². The minimum atomic E-state index is -0.493. The van der Waals surface area contributed by atoms with Gasteiger partial charge in [-0.2, -0.15) is 0 Å². The van der Waals surface area contributed by atoms with Gasteiger partial charge in [-0.3, -0.25) is 4.79 Å². The van der Waals surface area contributed by atoms with E-state index >= 15 is 0 Å². The van der Waals surface area contributed by atoms with Crippen molar-refractivity contribution in [2.75, 3.05) is 26.7 Å². The molecule has 0 N–H and O–H groups in total. The van der Waals surface area contributed by atoms with Gasteiger partial charge in [-0.25, -0.2) is 4.79 Å². The van der Waals surface area contributed by atoms with Gasteiger partial charge in [0.2, 0.25) is 0 Å². The third-order valence-corrected chi connectivity index (χ3v) is 4.06. The van der Waals surface area contributed by atoms with Crippen LogP contribution < -0.4 is 0 Å². The summed E-state index contributed by atoms with van der Waals surface area (Å²) in [5.41, 5.74) is 0.228. The molecule has 0 unspecified atom stereocenters. The SMILES string of the molecule is CN(C[C@H]1CCCN(C(=O)c2ccccc2)C1)C(=O)OC(C)(C)C. The first-order valence-electron chi connectivity index (χ1n) is 8.55. The maximum absolute atomic E-state index is 12.6. The number of hydrogen-bond donors (Lipinski definition) is 0. The zero-order valence-electron chi connectivity index (χ0n) is 15.1. The predicted molar refractivity (Wildman–Crippen MR) is 93.9 cm³/mol. The molecule has 0 aliphatic carbocycles. The Kier molecular flexibility index (Phi) is 5.86.